The summed E-state index contributed by atoms with van der Waals surface area (Å²) in [5.41, 5.74) is 0. The van der Waals surface area contributed by atoms with Crippen LogP contribution in [0.4, 0.5) is 0 Å². The molecule has 74 heavy (non-hydrogen) atoms. The normalized spacial score (nSPS) is 44.6. The molecule has 0 unspecified atom stereocenters. The Hall–Kier alpha value is -2.63. The molecule has 0 radical (unpaired) electrons. The maximum absolute atomic E-state index is 13.0. The summed E-state index contributed by atoms with van der Waals surface area (Å²) in [5, 5.41) is 179. The first-order valence-electron chi connectivity index (χ1n) is 23.7. The number of amides is 3. The minimum absolute atomic E-state index is 0.770. The Bertz CT molecular complexity index is 1780. The summed E-state index contributed by atoms with van der Waals surface area (Å²) in [6.45, 7) is 0.681. The molecule has 5 aliphatic rings. The molecule has 32 nitrogen and oxygen atoms in total. The first-order valence-corrected chi connectivity index (χ1v) is 23.7. The minimum Gasteiger partial charge on any atom is -0.394 e. The first-order chi connectivity index (χ1) is 34.8. The van der Waals surface area contributed by atoms with Crippen molar-refractivity contribution in [1.29, 1.82) is 0 Å². The van der Waals surface area contributed by atoms with E-state index >= 15 is 0 Å². The number of rotatable bonds is 21. The van der Waals surface area contributed by atoms with Crippen molar-refractivity contribution in [2.24, 2.45) is 0 Å². The highest BCUT2D eigenvalue weighted by molar-refractivity contribution is 5.74. The average Bonchev–Trinajstić information content (AvgIpc) is 3.35. The minimum atomic E-state index is -2.27. The van der Waals surface area contributed by atoms with Crippen LogP contribution >= 0.6 is 0 Å². The molecule has 0 aromatic heterocycles. The van der Waals surface area contributed by atoms with Crippen molar-refractivity contribution in [2.75, 3.05) is 33.0 Å². The molecule has 0 aliphatic carbocycles. The van der Waals surface area contributed by atoms with E-state index in [1.54, 1.807) is 0 Å². The molecule has 3 amide bonds. The summed E-state index contributed by atoms with van der Waals surface area (Å²) in [4.78, 5) is 37.4. The first kappa shape index (κ1) is 62.2. The van der Waals surface area contributed by atoms with Crippen LogP contribution in [0, 0.1) is 0 Å². The zero-order valence-electron chi connectivity index (χ0n) is 40.7. The lowest BCUT2D eigenvalue weighted by Gasteiger charge is -2.51. The zero-order valence-corrected chi connectivity index (χ0v) is 40.7. The van der Waals surface area contributed by atoms with Gasteiger partial charge in [-0.1, -0.05) is 0 Å². The van der Waals surface area contributed by atoms with E-state index in [-0.39, 0.29) is 0 Å². The number of ether oxygens (including phenoxy) is 10. The van der Waals surface area contributed by atoms with Gasteiger partial charge < -0.3 is 145 Å². The van der Waals surface area contributed by atoms with E-state index in [0.29, 0.717) is 0 Å². The molecule has 5 rings (SSSR count). The van der Waals surface area contributed by atoms with Crippen molar-refractivity contribution in [1.82, 2.24) is 16.0 Å². The lowest BCUT2D eigenvalue weighted by Crippen LogP contribution is -2.70. The molecular weight excluding hydrogens is 1010 g/mol. The van der Waals surface area contributed by atoms with E-state index in [4.69, 9.17) is 47.4 Å². The highest BCUT2D eigenvalue weighted by atomic mass is 16.8. The van der Waals surface area contributed by atoms with Gasteiger partial charge in [0.1, 0.15) is 128 Å². The number of carbonyl (C=O) groups is 3. The highest BCUT2D eigenvalue weighted by Gasteiger charge is 2.57. The second-order valence-electron chi connectivity index (χ2n) is 18.7. The van der Waals surface area contributed by atoms with Crippen molar-refractivity contribution < 1.29 is 143 Å². The van der Waals surface area contributed by atoms with E-state index in [1.165, 1.54) is 13.8 Å². The van der Waals surface area contributed by atoms with E-state index in [9.17, 15) is 96.1 Å². The molecule has 5 heterocycles. The fraction of sp³-hybridized carbons (Fsp3) is 0.929. The van der Waals surface area contributed by atoms with Gasteiger partial charge in [0, 0.05) is 20.8 Å². The van der Waals surface area contributed by atoms with Crippen LogP contribution in [0.15, 0.2) is 0 Å². The molecule has 29 atom stereocenters. The van der Waals surface area contributed by atoms with Crippen molar-refractivity contribution in [2.45, 2.75) is 212 Å². The van der Waals surface area contributed by atoms with Crippen LogP contribution in [-0.4, -0.2) is 310 Å². The summed E-state index contributed by atoms with van der Waals surface area (Å²) < 4.78 is 58.8. The summed E-state index contributed by atoms with van der Waals surface area (Å²) in [7, 11) is 0. The van der Waals surface area contributed by atoms with Crippen molar-refractivity contribution >= 4 is 17.7 Å². The van der Waals surface area contributed by atoms with Crippen LogP contribution in [0.5, 0.6) is 0 Å². The van der Waals surface area contributed by atoms with E-state index in [0.717, 1.165) is 20.8 Å². The number of aliphatic hydroxyl groups is 16. The van der Waals surface area contributed by atoms with Gasteiger partial charge in [-0.05, 0) is 13.8 Å². The second-order valence-corrected chi connectivity index (χ2v) is 18.7. The molecule has 32 heteroatoms. The smallest absolute Gasteiger partial charge is 0.217 e. The molecular formula is C42H73N3O29. The van der Waals surface area contributed by atoms with Crippen LogP contribution in [-0.2, 0) is 61.8 Å². The van der Waals surface area contributed by atoms with Gasteiger partial charge in [-0.15, -0.1) is 0 Å². The molecule has 5 fully saturated rings. The summed E-state index contributed by atoms with van der Waals surface area (Å²) in [6.07, 6.45) is -48.0. The molecule has 0 saturated carbocycles. The Morgan fingerprint density at radius 1 is 0.486 bits per heavy atom. The fourth-order valence-corrected chi connectivity index (χ4v) is 9.09. The van der Waals surface area contributed by atoms with Gasteiger partial charge in [-0.2, -0.15) is 0 Å². The third kappa shape index (κ3) is 14.3. The highest BCUT2D eigenvalue weighted by Crippen LogP contribution is 2.36. The van der Waals surface area contributed by atoms with Crippen LogP contribution in [0.2, 0.25) is 0 Å². The maximum atomic E-state index is 13.0. The molecule has 0 aromatic rings. The van der Waals surface area contributed by atoms with Gasteiger partial charge in [-0.3, -0.25) is 14.4 Å². The molecule has 0 bridgehead atoms. The topological polar surface area (TPSA) is 503 Å². The second kappa shape index (κ2) is 27.3. The molecule has 5 aliphatic heterocycles. The van der Waals surface area contributed by atoms with Crippen molar-refractivity contribution in [3.05, 3.63) is 0 Å². The van der Waals surface area contributed by atoms with Gasteiger partial charge in [0.15, 0.2) is 31.5 Å². The third-order valence-electron chi connectivity index (χ3n) is 13.2. The number of hydrogen-bond donors (Lipinski definition) is 19. The number of aliphatic hydroxyl groups excluding tert-OH is 16. The van der Waals surface area contributed by atoms with E-state index < -0.39 is 229 Å². The van der Waals surface area contributed by atoms with Crippen LogP contribution in [0.1, 0.15) is 34.6 Å². The van der Waals surface area contributed by atoms with E-state index in [2.05, 4.69) is 16.0 Å². The fourth-order valence-electron chi connectivity index (χ4n) is 9.09. The van der Waals surface area contributed by atoms with Gasteiger partial charge in [0.25, 0.3) is 0 Å². The molecule has 430 valence electrons. The lowest BCUT2D eigenvalue weighted by atomic mass is 9.94. The molecule has 19 N–H and O–H groups in total. The van der Waals surface area contributed by atoms with Crippen molar-refractivity contribution in [3.63, 3.8) is 0 Å². The summed E-state index contributed by atoms with van der Waals surface area (Å²) >= 11 is 0. The molecule has 0 aromatic carbocycles. The SMILES string of the molecule is CC(=O)N[C@H]1[C@H](O[C@@H]([C@@H](O)[C@H](O)CO[C@@H]2O[C@H](CO)[C@@H](O[C@@H]3O[C@H](CO)[C@H](O)[C@H](O)[C@H]3O[C@@H]3O[C@@H](C)[C@@H](O)[C@@H](O)[C@@H]3O)[C@H](O[C@@H]3O[C@@H](C)[C@@H](O)[C@@H](O)[C@@H]3O)[C@H]2NC(C)=O)[C@H](CO)NC(C)=O)O[C@H](CO)[C@@H](O)[C@@H]1O. The molecule has 0 spiro atoms. The number of nitrogens with one attached hydrogen (secondary N) is 3. The number of carbonyl (C=O) groups excluding carboxylic acids is 3. The summed E-state index contributed by atoms with van der Waals surface area (Å²) in [6, 6.07) is -5.02. The Balaban J connectivity index is 1.50. The monoisotopic (exact) mass is 1080 g/mol. The predicted octanol–water partition coefficient (Wildman–Crippen LogP) is -12.0. The average molecular weight is 1080 g/mol. The third-order valence-corrected chi connectivity index (χ3v) is 13.2. The van der Waals surface area contributed by atoms with E-state index in [1.807, 2.05) is 0 Å². The number of hydrogen-bond acceptors (Lipinski definition) is 29. The van der Waals surface area contributed by atoms with Crippen LogP contribution in [0.25, 0.3) is 0 Å². The van der Waals surface area contributed by atoms with Gasteiger partial charge in [0.2, 0.25) is 17.7 Å². The Kier molecular flexibility index (Phi) is 23.0. The quantitative estimate of drug-likeness (QED) is 0.0507. The summed E-state index contributed by atoms with van der Waals surface area (Å²) in [5.74, 6) is -2.43. The van der Waals surface area contributed by atoms with Gasteiger partial charge in [0.05, 0.1) is 51.3 Å². The van der Waals surface area contributed by atoms with Gasteiger partial charge in [-0.25, -0.2) is 0 Å². The maximum Gasteiger partial charge on any atom is 0.217 e. The largest absolute Gasteiger partial charge is 0.394 e. The Morgan fingerprint density at radius 2 is 0.946 bits per heavy atom. The van der Waals surface area contributed by atoms with Gasteiger partial charge >= 0.3 is 0 Å². The van der Waals surface area contributed by atoms with Crippen molar-refractivity contribution in [3.8, 4) is 0 Å². The predicted molar refractivity (Wildman–Crippen MR) is 233 cm³/mol. The standard InChI is InChI=1S/C42H73N3O29/c1-11-23(54)29(60)32(63)40(66-11)73-36-22(45-15(5)52)38(65-10-17(53)25(56)34(16(6-46)43-13(3)50)71-39-21(44-14(4)51)28(59)26(57)18(7-47)68-39)70-20(9-49)35(36)72-42-37(31(62)27(58)19(8-48)69-42)74-41-33(64)30(61)24(55)12(2)67-41/h11-12,16-42,46-49,53-64H,6-10H2,1-5H3,(H,43,50)(H,44,51)(H,45,52)/t11-,12-,16-,17+,18+,19+,20+,21+,22+,23+,24+,25-,26+,27-,28+,29+,30+,31-,32-,33-,34+,35+,36+,37+,38+,39-,40-,41-,42-/m0/s1. The zero-order chi connectivity index (χ0) is 55.2. The van der Waals surface area contributed by atoms with Crippen LogP contribution < -0.4 is 16.0 Å². The Morgan fingerprint density at radius 3 is 1.43 bits per heavy atom. The molecule has 5 saturated heterocycles. The lowest BCUT2D eigenvalue weighted by molar-refractivity contribution is -0.393. The van der Waals surface area contributed by atoms with Crippen LogP contribution in [0.3, 0.4) is 0 Å². The Labute approximate surface area is 422 Å².